The molecule has 0 saturated carbocycles. The number of pyridine rings is 1. The maximum atomic E-state index is 4.88. The molecule has 0 aliphatic carbocycles. The molecular formula is C16H21N. The van der Waals surface area contributed by atoms with Crippen LogP contribution in [0.1, 0.15) is 42.7 Å². The van der Waals surface area contributed by atoms with E-state index in [1.54, 1.807) is 0 Å². The Morgan fingerprint density at radius 2 is 1.82 bits per heavy atom. The van der Waals surface area contributed by atoms with Crippen LogP contribution in [-0.2, 0) is 12.8 Å². The summed E-state index contributed by atoms with van der Waals surface area (Å²) in [7, 11) is 0. The van der Waals surface area contributed by atoms with Gasteiger partial charge in [0.1, 0.15) is 0 Å². The summed E-state index contributed by atoms with van der Waals surface area (Å²) in [6, 6.07) is 6.79. The standard InChI is InChI=1S/C16H21N/c1-5-7-15-13(6-2)10-14-9-11(3)8-12(4)16(14)17-15/h8-10H,5-7H2,1-4H3. The lowest BCUT2D eigenvalue weighted by Gasteiger charge is -2.10. The first-order valence-corrected chi connectivity index (χ1v) is 6.55. The molecule has 0 spiro atoms. The average Bonchev–Trinajstić information content (AvgIpc) is 2.29. The highest BCUT2D eigenvalue weighted by Crippen LogP contribution is 2.22. The highest BCUT2D eigenvalue weighted by atomic mass is 14.7. The van der Waals surface area contributed by atoms with Crippen molar-refractivity contribution in [3.8, 4) is 0 Å². The fourth-order valence-corrected chi connectivity index (χ4v) is 2.49. The lowest BCUT2D eigenvalue weighted by molar-refractivity contribution is 0.865. The van der Waals surface area contributed by atoms with Crippen molar-refractivity contribution in [3.05, 3.63) is 40.6 Å². The van der Waals surface area contributed by atoms with E-state index in [1.807, 2.05) is 0 Å². The smallest absolute Gasteiger partial charge is 0.0734 e. The number of fused-ring (bicyclic) bond motifs is 1. The van der Waals surface area contributed by atoms with Crippen LogP contribution in [0.25, 0.3) is 10.9 Å². The minimum absolute atomic E-state index is 1.07. The zero-order valence-corrected chi connectivity index (χ0v) is 11.3. The quantitative estimate of drug-likeness (QED) is 0.759. The van der Waals surface area contributed by atoms with Gasteiger partial charge in [-0.1, -0.05) is 31.9 Å². The summed E-state index contributed by atoms with van der Waals surface area (Å²) in [5.41, 5.74) is 6.48. The molecule has 1 nitrogen and oxygen atoms in total. The Bertz CT molecular complexity index is 541. The molecule has 0 amide bonds. The van der Waals surface area contributed by atoms with Crippen molar-refractivity contribution in [3.63, 3.8) is 0 Å². The summed E-state index contributed by atoms with van der Waals surface area (Å²) in [5, 5.41) is 1.29. The van der Waals surface area contributed by atoms with E-state index in [9.17, 15) is 0 Å². The van der Waals surface area contributed by atoms with Crippen molar-refractivity contribution in [2.75, 3.05) is 0 Å². The summed E-state index contributed by atoms with van der Waals surface area (Å²) in [5.74, 6) is 0. The number of hydrogen-bond donors (Lipinski definition) is 0. The molecule has 1 aromatic heterocycles. The molecule has 1 heterocycles. The molecule has 90 valence electrons. The first kappa shape index (κ1) is 12.1. The normalized spacial score (nSPS) is 11.1. The number of rotatable bonds is 3. The monoisotopic (exact) mass is 227 g/mol. The molecule has 0 bridgehead atoms. The van der Waals surface area contributed by atoms with E-state index >= 15 is 0 Å². The van der Waals surface area contributed by atoms with Gasteiger partial charge in [0.05, 0.1) is 5.52 Å². The van der Waals surface area contributed by atoms with Crippen LogP contribution in [-0.4, -0.2) is 4.98 Å². The predicted molar refractivity (Wildman–Crippen MR) is 74.6 cm³/mol. The third-order valence-corrected chi connectivity index (χ3v) is 3.29. The molecule has 0 atom stereocenters. The van der Waals surface area contributed by atoms with Crippen molar-refractivity contribution in [2.45, 2.75) is 47.0 Å². The zero-order chi connectivity index (χ0) is 12.4. The number of aromatic nitrogens is 1. The van der Waals surface area contributed by atoms with Crippen molar-refractivity contribution in [2.24, 2.45) is 0 Å². The Hall–Kier alpha value is -1.37. The molecular weight excluding hydrogens is 206 g/mol. The molecule has 17 heavy (non-hydrogen) atoms. The van der Waals surface area contributed by atoms with Crippen LogP contribution in [0.4, 0.5) is 0 Å². The first-order chi connectivity index (χ1) is 8.15. The number of aryl methyl sites for hydroxylation is 4. The molecule has 0 aliphatic rings. The Morgan fingerprint density at radius 3 is 2.47 bits per heavy atom. The maximum absolute atomic E-state index is 4.88. The summed E-state index contributed by atoms with van der Waals surface area (Å²) in [6.45, 7) is 8.74. The predicted octanol–water partition coefficient (Wildman–Crippen LogP) is 4.37. The maximum Gasteiger partial charge on any atom is 0.0734 e. The van der Waals surface area contributed by atoms with Crippen LogP contribution in [0, 0.1) is 13.8 Å². The van der Waals surface area contributed by atoms with Gasteiger partial charge in [-0.15, -0.1) is 0 Å². The van der Waals surface area contributed by atoms with Gasteiger partial charge in [0, 0.05) is 11.1 Å². The van der Waals surface area contributed by atoms with E-state index in [0.29, 0.717) is 0 Å². The van der Waals surface area contributed by atoms with Crippen LogP contribution < -0.4 is 0 Å². The van der Waals surface area contributed by atoms with Crippen LogP contribution >= 0.6 is 0 Å². The van der Waals surface area contributed by atoms with Gasteiger partial charge >= 0.3 is 0 Å². The fraction of sp³-hybridized carbons (Fsp3) is 0.438. The second-order valence-electron chi connectivity index (χ2n) is 4.85. The molecule has 0 N–H and O–H groups in total. The van der Waals surface area contributed by atoms with Crippen LogP contribution in [0.3, 0.4) is 0 Å². The molecule has 2 aromatic rings. The van der Waals surface area contributed by atoms with Crippen molar-refractivity contribution in [1.82, 2.24) is 4.98 Å². The molecule has 2 rings (SSSR count). The van der Waals surface area contributed by atoms with Gasteiger partial charge in [-0.3, -0.25) is 4.98 Å². The Labute approximate surface area is 104 Å². The zero-order valence-electron chi connectivity index (χ0n) is 11.3. The Balaban J connectivity index is 2.69. The van der Waals surface area contributed by atoms with E-state index in [1.165, 1.54) is 33.3 Å². The highest BCUT2D eigenvalue weighted by Gasteiger charge is 2.07. The van der Waals surface area contributed by atoms with Crippen LogP contribution in [0.5, 0.6) is 0 Å². The molecule has 0 unspecified atom stereocenters. The van der Waals surface area contributed by atoms with Gasteiger partial charge in [-0.2, -0.15) is 0 Å². The number of nitrogens with zero attached hydrogens (tertiary/aromatic N) is 1. The Morgan fingerprint density at radius 1 is 1.06 bits per heavy atom. The molecule has 0 aliphatic heterocycles. The number of benzene rings is 1. The molecule has 0 saturated heterocycles. The summed E-state index contributed by atoms with van der Waals surface area (Å²) in [6.07, 6.45) is 3.33. The summed E-state index contributed by atoms with van der Waals surface area (Å²) < 4.78 is 0. The largest absolute Gasteiger partial charge is 0.252 e. The Kier molecular flexibility index (Phi) is 3.46. The first-order valence-electron chi connectivity index (χ1n) is 6.55. The summed E-state index contributed by atoms with van der Waals surface area (Å²) in [4.78, 5) is 4.88. The SMILES string of the molecule is CCCc1nc2c(C)cc(C)cc2cc1CC. The topological polar surface area (TPSA) is 12.9 Å². The second-order valence-corrected chi connectivity index (χ2v) is 4.85. The minimum Gasteiger partial charge on any atom is -0.252 e. The van der Waals surface area contributed by atoms with Crippen LogP contribution in [0.15, 0.2) is 18.2 Å². The van der Waals surface area contributed by atoms with E-state index in [4.69, 9.17) is 4.98 Å². The van der Waals surface area contributed by atoms with Gasteiger partial charge in [-0.05, 0) is 49.9 Å². The second kappa shape index (κ2) is 4.87. The van der Waals surface area contributed by atoms with Gasteiger partial charge in [0.15, 0.2) is 0 Å². The van der Waals surface area contributed by atoms with Gasteiger partial charge in [0.2, 0.25) is 0 Å². The minimum atomic E-state index is 1.07. The molecule has 1 heteroatoms. The molecule has 0 radical (unpaired) electrons. The molecule has 1 aromatic carbocycles. The van der Waals surface area contributed by atoms with Crippen molar-refractivity contribution in [1.29, 1.82) is 0 Å². The van der Waals surface area contributed by atoms with E-state index in [-0.39, 0.29) is 0 Å². The van der Waals surface area contributed by atoms with Crippen molar-refractivity contribution >= 4 is 10.9 Å². The van der Waals surface area contributed by atoms with Gasteiger partial charge in [0.25, 0.3) is 0 Å². The van der Waals surface area contributed by atoms with Crippen LogP contribution in [0.2, 0.25) is 0 Å². The lowest BCUT2D eigenvalue weighted by atomic mass is 10.0. The van der Waals surface area contributed by atoms with E-state index in [0.717, 1.165) is 19.3 Å². The van der Waals surface area contributed by atoms with E-state index < -0.39 is 0 Å². The highest BCUT2D eigenvalue weighted by molar-refractivity contribution is 5.83. The number of hydrogen-bond acceptors (Lipinski definition) is 1. The summed E-state index contributed by atoms with van der Waals surface area (Å²) >= 11 is 0. The fourth-order valence-electron chi connectivity index (χ4n) is 2.49. The van der Waals surface area contributed by atoms with E-state index in [2.05, 4.69) is 45.9 Å². The lowest BCUT2D eigenvalue weighted by Crippen LogP contribution is -1.99. The third-order valence-electron chi connectivity index (χ3n) is 3.29. The van der Waals surface area contributed by atoms with Crippen molar-refractivity contribution < 1.29 is 0 Å². The van der Waals surface area contributed by atoms with Gasteiger partial charge in [-0.25, -0.2) is 0 Å². The molecule has 0 fully saturated rings. The van der Waals surface area contributed by atoms with Gasteiger partial charge < -0.3 is 0 Å². The third kappa shape index (κ3) is 2.33. The average molecular weight is 227 g/mol.